The molecule has 0 aliphatic carbocycles. The van der Waals surface area contributed by atoms with Crippen LogP contribution in [0.3, 0.4) is 0 Å². The molecular weight excluding hydrogens is 216 g/mol. The Labute approximate surface area is 104 Å². The van der Waals surface area contributed by atoms with Gasteiger partial charge in [0.05, 0.1) is 12.1 Å². The maximum Gasteiger partial charge on any atom is 0.237 e. The molecule has 1 heterocycles. The van der Waals surface area contributed by atoms with Crippen molar-refractivity contribution in [2.24, 2.45) is 0 Å². The monoisotopic (exact) mass is 242 g/mol. The van der Waals surface area contributed by atoms with Gasteiger partial charge in [0.25, 0.3) is 0 Å². The first-order valence-electron chi connectivity index (χ1n) is 6.60. The molecule has 2 N–H and O–H groups in total. The fourth-order valence-corrected chi connectivity index (χ4v) is 2.03. The predicted octanol–water partition coefficient (Wildman–Crippen LogP) is 1.14. The van der Waals surface area contributed by atoms with Crippen LogP contribution in [0.15, 0.2) is 0 Å². The summed E-state index contributed by atoms with van der Waals surface area (Å²) in [5, 5.41) is 12.7. The van der Waals surface area contributed by atoms with Crippen molar-refractivity contribution < 1.29 is 9.90 Å². The summed E-state index contributed by atoms with van der Waals surface area (Å²) in [6.07, 6.45) is 2.45. The summed E-state index contributed by atoms with van der Waals surface area (Å²) in [6, 6.07) is -0.157. The van der Waals surface area contributed by atoms with Crippen LogP contribution < -0.4 is 5.32 Å². The van der Waals surface area contributed by atoms with E-state index in [1.165, 1.54) is 0 Å². The van der Waals surface area contributed by atoms with Crippen molar-refractivity contribution in [3.8, 4) is 0 Å². The smallest absolute Gasteiger partial charge is 0.237 e. The Hall–Kier alpha value is -0.610. The molecule has 1 amide bonds. The number of aliphatic hydroxyl groups excluding tert-OH is 1. The summed E-state index contributed by atoms with van der Waals surface area (Å²) in [4.78, 5) is 14.2. The van der Waals surface area contributed by atoms with Crippen LogP contribution in [0.5, 0.6) is 0 Å². The lowest BCUT2D eigenvalue weighted by atomic mass is 10.0. The molecule has 1 fully saturated rings. The Balaban J connectivity index is 2.51. The molecule has 2 atom stereocenters. The Morgan fingerprint density at radius 2 is 2.24 bits per heavy atom. The fourth-order valence-electron chi connectivity index (χ4n) is 2.03. The highest BCUT2D eigenvalue weighted by Crippen LogP contribution is 2.14. The van der Waals surface area contributed by atoms with Gasteiger partial charge >= 0.3 is 0 Å². The molecule has 1 aliphatic heterocycles. The Morgan fingerprint density at radius 3 is 2.76 bits per heavy atom. The number of nitrogens with zero attached hydrogens (tertiary/aromatic N) is 1. The van der Waals surface area contributed by atoms with Crippen molar-refractivity contribution in [1.82, 2.24) is 10.2 Å². The quantitative estimate of drug-likeness (QED) is 0.777. The van der Waals surface area contributed by atoms with Crippen LogP contribution >= 0.6 is 0 Å². The van der Waals surface area contributed by atoms with Crippen molar-refractivity contribution in [3.05, 3.63) is 0 Å². The van der Waals surface area contributed by atoms with Crippen LogP contribution in [0, 0.1) is 0 Å². The van der Waals surface area contributed by atoms with Crippen LogP contribution in [0.25, 0.3) is 0 Å². The normalized spacial score (nSPS) is 24.4. The molecule has 0 spiro atoms. The number of aliphatic hydroxyl groups is 1. The number of hydrogen-bond donors (Lipinski definition) is 2. The molecule has 0 aromatic heterocycles. The lowest BCUT2D eigenvalue weighted by Crippen LogP contribution is -2.54. The summed E-state index contributed by atoms with van der Waals surface area (Å²) < 4.78 is 0. The predicted molar refractivity (Wildman–Crippen MR) is 68.8 cm³/mol. The molecule has 1 unspecified atom stereocenters. The van der Waals surface area contributed by atoms with Crippen molar-refractivity contribution in [2.75, 3.05) is 13.1 Å². The number of piperidine rings is 1. The van der Waals surface area contributed by atoms with Gasteiger partial charge in [0.15, 0.2) is 0 Å². The van der Waals surface area contributed by atoms with Gasteiger partial charge in [-0.05, 0) is 46.6 Å². The minimum absolute atomic E-state index is 0.0611. The van der Waals surface area contributed by atoms with Gasteiger partial charge in [0, 0.05) is 12.1 Å². The first-order valence-corrected chi connectivity index (χ1v) is 6.60. The van der Waals surface area contributed by atoms with Gasteiger partial charge in [-0.3, -0.25) is 9.69 Å². The summed E-state index contributed by atoms with van der Waals surface area (Å²) in [5.74, 6) is 0.0611. The molecule has 1 rings (SSSR count). The molecule has 17 heavy (non-hydrogen) atoms. The molecule has 0 bridgehead atoms. The second-order valence-electron chi connectivity index (χ2n) is 5.69. The van der Waals surface area contributed by atoms with Gasteiger partial charge in [-0.2, -0.15) is 0 Å². The van der Waals surface area contributed by atoms with E-state index < -0.39 is 0 Å². The summed E-state index contributed by atoms with van der Waals surface area (Å²) in [5.41, 5.74) is -0.153. The molecule has 0 radical (unpaired) electrons. The molecule has 4 nitrogen and oxygen atoms in total. The van der Waals surface area contributed by atoms with E-state index in [0.29, 0.717) is 6.54 Å². The first-order chi connectivity index (χ1) is 7.85. The Kier molecular flexibility index (Phi) is 4.95. The Morgan fingerprint density at radius 1 is 1.59 bits per heavy atom. The second kappa shape index (κ2) is 5.83. The van der Waals surface area contributed by atoms with Crippen LogP contribution in [0.4, 0.5) is 0 Å². The van der Waals surface area contributed by atoms with Crippen molar-refractivity contribution in [2.45, 2.75) is 64.6 Å². The average molecular weight is 242 g/mol. The number of carbonyl (C=O) groups excluding carboxylic acids is 1. The molecule has 4 heteroatoms. The highest BCUT2D eigenvalue weighted by atomic mass is 16.3. The maximum atomic E-state index is 12.1. The van der Waals surface area contributed by atoms with Gasteiger partial charge in [-0.15, -0.1) is 0 Å². The minimum atomic E-state index is -0.279. The zero-order valence-corrected chi connectivity index (χ0v) is 11.5. The van der Waals surface area contributed by atoms with Crippen molar-refractivity contribution in [3.63, 3.8) is 0 Å². The number of likely N-dealkylation sites (tertiary alicyclic amines) is 1. The number of β-amino-alcohol motifs (C(OH)–C–C–N with tert-alkyl or cyclic N) is 1. The third-order valence-electron chi connectivity index (χ3n) is 3.70. The van der Waals surface area contributed by atoms with Crippen molar-refractivity contribution >= 4 is 5.91 Å². The maximum absolute atomic E-state index is 12.1. The summed E-state index contributed by atoms with van der Waals surface area (Å²) >= 11 is 0. The number of carbonyl (C=O) groups is 1. The highest BCUT2D eigenvalue weighted by molar-refractivity contribution is 5.82. The van der Waals surface area contributed by atoms with Crippen LogP contribution in [0.2, 0.25) is 0 Å². The standard InChI is InChI=1S/C13H26N2O2/c1-5-13(3,4)14-12(17)10(2)15-8-6-7-11(16)9-15/h10-11,16H,5-9H2,1-4H3,(H,14,17)/t10?,11-/m0/s1. The lowest BCUT2D eigenvalue weighted by molar-refractivity contribution is -0.128. The number of hydrogen-bond acceptors (Lipinski definition) is 3. The third-order valence-corrected chi connectivity index (χ3v) is 3.70. The number of amides is 1. The molecule has 0 aromatic carbocycles. The van der Waals surface area contributed by atoms with E-state index in [9.17, 15) is 9.90 Å². The van der Waals surface area contributed by atoms with Gasteiger partial charge in [-0.25, -0.2) is 0 Å². The minimum Gasteiger partial charge on any atom is -0.392 e. The van der Waals surface area contributed by atoms with Crippen molar-refractivity contribution in [1.29, 1.82) is 0 Å². The third kappa shape index (κ3) is 4.28. The molecule has 100 valence electrons. The highest BCUT2D eigenvalue weighted by Gasteiger charge is 2.28. The SMILES string of the molecule is CCC(C)(C)NC(=O)C(C)N1CCC[C@H](O)C1. The van der Waals surface area contributed by atoms with E-state index in [1.54, 1.807) is 0 Å². The van der Waals surface area contributed by atoms with E-state index in [0.717, 1.165) is 25.8 Å². The summed E-state index contributed by atoms with van der Waals surface area (Å²) in [6.45, 7) is 9.55. The van der Waals surface area contributed by atoms with Gasteiger partial charge < -0.3 is 10.4 Å². The first kappa shape index (κ1) is 14.5. The Bertz CT molecular complexity index is 266. The van der Waals surface area contributed by atoms with E-state index >= 15 is 0 Å². The van der Waals surface area contributed by atoms with Crippen LogP contribution in [-0.4, -0.2) is 46.7 Å². The van der Waals surface area contributed by atoms with Gasteiger partial charge in [0.1, 0.15) is 0 Å². The van der Waals surface area contributed by atoms with Gasteiger partial charge in [0.2, 0.25) is 5.91 Å². The molecular formula is C13H26N2O2. The topological polar surface area (TPSA) is 52.6 Å². The second-order valence-corrected chi connectivity index (χ2v) is 5.69. The number of nitrogens with one attached hydrogen (secondary N) is 1. The molecule has 1 aliphatic rings. The van der Waals surface area contributed by atoms with Crippen LogP contribution in [-0.2, 0) is 4.79 Å². The molecule has 0 aromatic rings. The van der Waals surface area contributed by atoms with E-state index in [-0.39, 0.29) is 23.6 Å². The average Bonchev–Trinajstić information content (AvgIpc) is 2.27. The van der Waals surface area contributed by atoms with E-state index in [1.807, 2.05) is 20.8 Å². The van der Waals surface area contributed by atoms with E-state index in [2.05, 4.69) is 17.1 Å². The van der Waals surface area contributed by atoms with Crippen LogP contribution in [0.1, 0.15) is 47.0 Å². The summed E-state index contributed by atoms with van der Waals surface area (Å²) in [7, 11) is 0. The number of rotatable bonds is 4. The van der Waals surface area contributed by atoms with Gasteiger partial charge in [-0.1, -0.05) is 6.92 Å². The fraction of sp³-hybridized carbons (Fsp3) is 0.923. The zero-order chi connectivity index (χ0) is 13.1. The largest absolute Gasteiger partial charge is 0.392 e. The zero-order valence-electron chi connectivity index (χ0n) is 11.5. The lowest BCUT2D eigenvalue weighted by Gasteiger charge is -2.36. The molecule has 1 saturated heterocycles. The van der Waals surface area contributed by atoms with E-state index in [4.69, 9.17) is 0 Å². The molecule has 0 saturated carbocycles.